The van der Waals surface area contributed by atoms with Crippen LogP contribution in [0.25, 0.3) is 10.6 Å². The number of anilines is 3. The van der Waals surface area contributed by atoms with Gasteiger partial charge in [-0.1, -0.05) is 41.5 Å². The molecule has 0 saturated carbocycles. The normalized spacial score (nSPS) is 17.0. The number of nitrogens with zero attached hydrogens (tertiary/aromatic N) is 4. The van der Waals surface area contributed by atoms with E-state index in [0.29, 0.717) is 46.7 Å². The quantitative estimate of drug-likeness (QED) is 0.312. The van der Waals surface area contributed by atoms with Gasteiger partial charge in [0.05, 0.1) is 26.5 Å². The predicted molar refractivity (Wildman–Crippen MR) is 161 cm³/mol. The standard InChI is InChI=1S/C27H31Cl2N5O3S2/c1-2-7-32-10-12-34(13-11-32)25-23(22-15-19(28)16-38-22)30-27(39-25)31-24(35)18-3-4-21(20(29)14-18)33-8-5-17(6-9-33)26(36)37/h3-4,14-17H,2,5-13H2,1H3,(H,36,37)(H,30,31,35). The highest BCUT2D eigenvalue weighted by atomic mass is 35.5. The minimum absolute atomic E-state index is 0.281. The van der Waals surface area contributed by atoms with Crippen LogP contribution >= 0.6 is 45.9 Å². The number of carboxylic acids is 1. The van der Waals surface area contributed by atoms with E-state index in [2.05, 4.69) is 26.9 Å². The summed E-state index contributed by atoms with van der Waals surface area (Å²) in [5.74, 6) is -1.34. The van der Waals surface area contributed by atoms with Crippen molar-refractivity contribution in [2.75, 3.05) is 60.9 Å². The van der Waals surface area contributed by atoms with E-state index in [1.54, 1.807) is 23.5 Å². The third-order valence-electron chi connectivity index (χ3n) is 7.22. The summed E-state index contributed by atoms with van der Waals surface area (Å²) in [5, 5.41) is 16.8. The molecular formula is C27H31Cl2N5O3S2. The SMILES string of the molecule is CCCN1CCN(c2sc(NC(=O)c3ccc(N4CCC(C(=O)O)CC4)c(Cl)c3)nc2-c2cc(Cl)cs2)CC1. The number of hydrogen-bond donors (Lipinski definition) is 2. The molecule has 0 radical (unpaired) electrons. The maximum absolute atomic E-state index is 13.2. The van der Waals surface area contributed by atoms with Gasteiger partial charge in [-0.2, -0.15) is 0 Å². The Morgan fingerprint density at radius 3 is 2.44 bits per heavy atom. The molecule has 0 spiro atoms. The van der Waals surface area contributed by atoms with E-state index in [0.717, 1.165) is 60.4 Å². The molecule has 2 saturated heterocycles. The number of nitrogens with one attached hydrogen (secondary N) is 1. The fraction of sp³-hybridized carbons (Fsp3) is 0.444. The molecule has 0 unspecified atom stereocenters. The Kier molecular flexibility index (Phi) is 8.98. The molecule has 0 bridgehead atoms. The van der Waals surface area contributed by atoms with Crippen LogP contribution in [0.1, 0.15) is 36.5 Å². The van der Waals surface area contributed by atoms with Crippen molar-refractivity contribution in [3.8, 4) is 10.6 Å². The van der Waals surface area contributed by atoms with E-state index in [4.69, 9.17) is 28.2 Å². The average Bonchev–Trinajstić information content (AvgIpc) is 3.55. The van der Waals surface area contributed by atoms with E-state index < -0.39 is 5.97 Å². The van der Waals surface area contributed by atoms with Crippen LogP contribution in [0.4, 0.5) is 15.8 Å². The molecular weight excluding hydrogens is 577 g/mol. The molecule has 4 heterocycles. The largest absolute Gasteiger partial charge is 0.481 e. The topological polar surface area (TPSA) is 89.0 Å². The van der Waals surface area contributed by atoms with Crippen molar-refractivity contribution in [2.45, 2.75) is 26.2 Å². The Balaban J connectivity index is 1.31. The highest BCUT2D eigenvalue weighted by Crippen LogP contribution is 2.42. The molecule has 39 heavy (non-hydrogen) atoms. The maximum Gasteiger partial charge on any atom is 0.306 e. The van der Waals surface area contributed by atoms with Crippen LogP contribution in [0, 0.1) is 5.92 Å². The van der Waals surface area contributed by atoms with Gasteiger partial charge < -0.3 is 14.9 Å². The Bertz CT molecular complexity index is 1330. The molecule has 2 fully saturated rings. The van der Waals surface area contributed by atoms with Crippen LogP contribution in [-0.2, 0) is 4.79 Å². The van der Waals surface area contributed by atoms with Crippen LogP contribution in [0.15, 0.2) is 29.6 Å². The molecule has 2 aliphatic heterocycles. The van der Waals surface area contributed by atoms with Crippen LogP contribution < -0.4 is 15.1 Å². The van der Waals surface area contributed by atoms with Gasteiger partial charge in [0, 0.05) is 50.2 Å². The molecule has 208 valence electrons. The van der Waals surface area contributed by atoms with Crippen LogP contribution in [0.3, 0.4) is 0 Å². The molecule has 2 aromatic heterocycles. The predicted octanol–water partition coefficient (Wildman–Crippen LogP) is 6.26. The van der Waals surface area contributed by atoms with Gasteiger partial charge in [-0.15, -0.1) is 11.3 Å². The second kappa shape index (κ2) is 12.4. The lowest BCUT2D eigenvalue weighted by atomic mass is 9.96. The first kappa shape index (κ1) is 28.2. The zero-order valence-electron chi connectivity index (χ0n) is 21.7. The number of thiophene rings is 1. The first-order valence-electron chi connectivity index (χ1n) is 13.1. The number of piperazine rings is 1. The first-order valence-corrected chi connectivity index (χ1v) is 15.6. The van der Waals surface area contributed by atoms with Gasteiger partial charge in [-0.25, -0.2) is 4.98 Å². The summed E-state index contributed by atoms with van der Waals surface area (Å²) < 4.78 is 0. The molecule has 2 aliphatic rings. The number of piperidine rings is 1. The highest BCUT2D eigenvalue weighted by molar-refractivity contribution is 7.21. The molecule has 12 heteroatoms. The van der Waals surface area contributed by atoms with Crippen LogP contribution in [0.2, 0.25) is 10.0 Å². The van der Waals surface area contributed by atoms with Crippen molar-refractivity contribution in [3.05, 3.63) is 45.3 Å². The molecule has 3 aromatic rings. The fourth-order valence-corrected chi connectivity index (χ4v) is 7.57. The lowest BCUT2D eigenvalue weighted by Crippen LogP contribution is -2.46. The Morgan fingerprint density at radius 1 is 1.08 bits per heavy atom. The van der Waals surface area contributed by atoms with E-state index in [1.807, 2.05) is 17.5 Å². The molecule has 1 amide bonds. The summed E-state index contributed by atoms with van der Waals surface area (Å²) in [7, 11) is 0. The summed E-state index contributed by atoms with van der Waals surface area (Å²) in [6.07, 6.45) is 2.29. The Labute approximate surface area is 246 Å². The number of thiazole rings is 1. The third-order valence-corrected chi connectivity index (χ3v) is 9.84. The van der Waals surface area contributed by atoms with Crippen molar-refractivity contribution in [3.63, 3.8) is 0 Å². The zero-order chi connectivity index (χ0) is 27.5. The number of carbonyl (C=O) groups is 2. The van der Waals surface area contributed by atoms with E-state index in [1.165, 1.54) is 11.3 Å². The number of benzene rings is 1. The second-order valence-electron chi connectivity index (χ2n) is 9.85. The summed E-state index contributed by atoms with van der Waals surface area (Å²) in [6.45, 7) is 8.35. The second-order valence-corrected chi connectivity index (χ2v) is 12.6. The smallest absolute Gasteiger partial charge is 0.306 e. The molecule has 5 rings (SSSR count). The van der Waals surface area contributed by atoms with Gasteiger partial charge in [0.2, 0.25) is 0 Å². The van der Waals surface area contributed by atoms with Gasteiger partial charge in [0.25, 0.3) is 5.91 Å². The van der Waals surface area contributed by atoms with Crippen molar-refractivity contribution in [1.29, 1.82) is 0 Å². The number of carboxylic acid groups (broad SMARTS) is 1. The maximum atomic E-state index is 13.2. The van der Waals surface area contributed by atoms with E-state index in [9.17, 15) is 14.7 Å². The van der Waals surface area contributed by atoms with E-state index >= 15 is 0 Å². The Hall–Kier alpha value is -2.37. The molecule has 1 aromatic carbocycles. The number of aliphatic carboxylic acids is 1. The molecule has 2 N–H and O–H groups in total. The van der Waals surface area contributed by atoms with Gasteiger partial charge >= 0.3 is 5.97 Å². The lowest BCUT2D eigenvalue weighted by Gasteiger charge is -2.35. The number of amides is 1. The van der Waals surface area contributed by atoms with Gasteiger partial charge in [0.15, 0.2) is 5.13 Å². The molecule has 8 nitrogen and oxygen atoms in total. The van der Waals surface area contributed by atoms with E-state index in [-0.39, 0.29) is 11.8 Å². The average molecular weight is 609 g/mol. The van der Waals surface area contributed by atoms with Crippen molar-refractivity contribution in [1.82, 2.24) is 9.88 Å². The minimum Gasteiger partial charge on any atom is -0.481 e. The van der Waals surface area contributed by atoms with Crippen LogP contribution in [0.5, 0.6) is 0 Å². The number of aromatic nitrogens is 1. The van der Waals surface area contributed by atoms with Gasteiger partial charge in [-0.3, -0.25) is 19.8 Å². The van der Waals surface area contributed by atoms with Crippen molar-refractivity contribution >= 4 is 73.6 Å². The summed E-state index contributed by atoms with van der Waals surface area (Å²) in [6, 6.07) is 7.17. The van der Waals surface area contributed by atoms with Gasteiger partial charge in [-0.05, 0) is 50.1 Å². The van der Waals surface area contributed by atoms with Crippen LogP contribution in [-0.4, -0.2) is 72.7 Å². The zero-order valence-corrected chi connectivity index (χ0v) is 24.8. The number of halogens is 2. The Morgan fingerprint density at radius 2 is 1.82 bits per heavy atom. The first-order chi connectivity index (χ1) is 18.8. The number of hydrogen-bond acceptors (Lipinski definition) is 8. The lowest BCUT2D eigenvalue weighted by molar-refractivity contribution is -0.142. The number of carbonyl (C=O) groups excluding carboxylic acids is 1. The summed E-state index contributed by atoms with van der Waals surface area (Å²) >= 11 is 15.8. The monoisotopic (exact) mass is 607 g/mol. The number of rotatable bonds is 8. The summed E-state index contributed by atoms with van der Waals surface area (Å²) in [5.41, 5.74) is 2.09. The van der Waals surface area contributed by atoms with Crippen molar-refractivity contribution < 1.29 is 14.7 Å². The minimum atomic E-state index is -0.748. The fourth-order valence-electron chi connectivity index (χ4n) is 5.11. The molecule has 0 aliphatic carbocycles. The molecule has 0 atom stereocenters. The van der Waals surface area contributed by atoms with Crippen molar-refractivity contribution in [2.24, 2.45) is 5.92 Å². The highest BCUT2D eigenvalue weighted by Gasteiger charge is 2.27. The third kappa shape index (κ3) is 6.52. The van der Waals surface area contributed by atoms with Gasteiger partial charge in [0.1, 0.15) is 10.7 Å². The summed E-state index contributed by atoms with van der Waals surface area (Å²) in [4.78, 5) is 37.2.